The van der Waals surface area contributed by atoms with Gasteiger partial charge < -0.3 is 14.6 Å². The molecule has 2 heterocycles. The molecule has 1 aromatic heterocycles. The van der Waals surface area contributed by atoms with Gasteiger partial charge in [0.1, 0.15) is 23.2 Å². The summed E-state index contributed by atoms with van der Waals surface area (Å²) in [4.78, 5) is 14.3. The van der Waals surface area contributed by atoms with E-state index >= 15 is 0 Å². The number of nitrogens with zero attached hydrogens (tertiary/aromatic N) is 2. The van der Waals surface area contributed by atoms with Crippen molar-refractivity contribution in [1.29, 1.82) is 5.26 Å². The monoisotopic (exact) mass is 483 g/mol. The third-order valence-electron chi connectivity index (χ3n) is 5.25. The zero-order valence-corrected chi connectivity index (χ0v) is 19.7. The minimum absolute atomic E-state index is 0.0648. The van der Waals surface area contributed by atoms with Crippen LogP contribution in [-0.4, -0.2) is 5.91 Å². The van der Waals surface area contributed by atoms with Gasteiger partial charge in [-0.3, -0.25) is 4.79 Å². The van der Waals surface area contributed by atoms with Crippen LogP contribution in [0.15, 0.2) is 69.6 Å². The van der Waals surface area contributed by atoms with Crippen molar-refractivity contribution >= 4 is 47.4 Å². The lowest BCUT2D eigenvalue weighted by Crippen LogP contribution is -2.45. The Labute approximate surface area is 201 Å². The molecule has 1 unspecified atom stereocenters. The summed E-state index contributed by atoms with van der Waals surface area (Å²) in [5.41, 5.74) is 2.55. The van der Waals surface area contributed by atoms with Gasteiger partial charge in [-0.25, -0.2) is 0 Å². The molecule has 0 saturated heterocycles. The van der Waals surface area contributed by atoms with Gasteiger partial charge in [-0.1, -0.05) is 49.2 Å². The average Bonchev–Trinajstić information content (AvgIpc) is 3.23. The van der Waals surface area contributed by atoms with Crippen LogP contribution in [0.25, 0.3) is 11.3 Å². The van der Waals surface area contributed by atoms with Crippen molar-refractivity contribution < 1.29 is 9.21 Å². The molecule has 0 radical (unpaired) electrons. The fraction of sp³-hybridized carbons (Fsp3) is 0.167. The van der Waals surface area contributed by atoms with Gasteiger partial charge in [-0.05, 0) is 53.9 Å². The van der Waals surface area contributed by atoms with Gasteiger partial charge in [0.05, 0.1) is 10.1 Å². The Kier molecular flexibility index (Phi) is 6.25. The minimum atomic E-state index is -0.697. The maximum Gasteiger partial charge on any atom is 0.266 e. The smallest absolute Gasteiger partial charge is 0.266 e. The molecular formula is C24H19Cl2N3O2S. The number of hydrogen-bond donors (Lipinski definition) is 2. The van der Waals surface area contributed by atoms with Crippen LogP contribution in [0.5, 0.6) is 0 Å². The van der Waals surface area contributed by atoms with Gasteiger partial charge in [-0.2, -0.15) is 5.26 Å². The largest absolute Gasteiger partial charge is 0.457 e. The third kappa shape index (κ3) is 4.12. The molecule has 0 spiro atoms. The van der Waals surface area contributed by atoms with E-state index in [2.05, 4.69) is 31.8 Å². The molecule has 2 aromatic carbocycles. The average molecular weight is 484 g/mol. The van der Waals surface area contributed by atoms with E-state index in [1.807, 2.05) is 30.3 Å². The Hall–Kier alpha value is -2.85. The lowest BCUT2D eigenvalue weighted by atomic mass is 10.0. The number of nitrogens with one attached hydrogen (secondary N) is 1. The molecule has 1 N–H and O–H groups in total. The number of furan rings is 1. The molecule has 162 valence electrons. The number of hydrogen-bond acceptors (Lipinski definition) is 5. The number of anilines is 1. The molecule has 1 atom stereocenters. The van der Waals surface area contributed by atoms with E-state index in [9.17, 15) is 10.1 Å². The van der Waals surface area contributed by atoms with Crippen LogP contribution in [0.1, 0.15) is 37.3 Å². The van der Waals surface area contributed by atoms with Crippen LogP contribution >= 0.6 is 35.8 Å². The molecule has 32 heavy (non-hydrogen) atoms. The molecule has 0 saturated carbocycles. The van der Waals surface area contributed by atoms with Gasteiger partial charge in [0, 0.05) is 16.3 Å². The summed E-state index contributed by atoms with van der Waals surface area (Å²) >= 11 is 16.9. The highest BCUT2D eigenvalue weighted by Gasteiger charge is 2.36. The summed E-state index contributed by atoms with van der Waals surface area (Å²) in [7, 11) is 0. The lowest BCUT2D eigenvalue weighted by Gasteiger charge is -2.36. The Balaban J connectivity index is 1.78. The second-order valence-corrected chi connectivity index (χ2v) is 8.90. The number of rotatable bonds is 4. The molecule has 0 bridgehead atoms. The molecule has 5 nitrogen and oxygen atoms in total. The predicted molar refractivity (Wildman–Crippen MR) is 130 cm³/mol. The van der Waals surface area contributed by atoms with Crippen LogP contribution < -0.4 is 10.2 Å². The topological polar surface area (TPSA) is 69.3 Å². The van der Waals surface area contributed by atoms with Crippen molar-refractivity contribution in [3.05, 3.63) is 86.6 Å². The van der Waals surface area contributed by atoms with Crippen molar-refractivity contribution in [2.45, 2.75) is 25.9 Å². The molecule has 1 aliphatic heterocycles. The minimum Gasteiger partial charge on any atom is -0.457 e. The quantitative estimate of drug-likeness (QED) is 0.406. The number of carbonyl (C=O) groups is 1. The van der Waals surface area contributed by atoms with E-state index in [1.165, 1.54) is 5.56 Å². The summed E-state index contributed by atoms with van der Waals surface area (Å²) in [6.45, 7) is 4.23. The molecule has 8 heteroatoms. The Bertz CT molecular complexity index is 1260. The number of carbonyl (C=O) groups excluding carboxylic acids is 1. The van der Waals surface area contributed by atoms with Crippen LogP contribution in [0.4, 0.5) is 5.69 Å². The normalized spacial score (nSPS) is 16.3. The van der Waals surface area contributed by atoms with Gasteiger partial charge in [0.25, 0.3) is 5.91 Å². The van der Waals surface area contributed by atoms with Crippen molar-refractivity contribution in [2.75, 3.05) is 4.90 Å². The molecular weight excluding hydrogens is 465 g/mol. The first-order valence-corrected chi connectivity index (χ1v) is 11.1. The Morgan fingerprint density at radius 1 is 1.12 bits per heavy atom. The summed E-state index contributed by atoms with van der Waals surface area (Å²) < 4.78 is 6.09. The second-order valence-electron chi connectivity index (χ2n) is 7.63. The van der Waals surface area contributed by atoms with Gasteiger partial charge in [0.2, 0.25) is 0 Å². The number of nitriles is 1. The first kappa shape index (κ1) is 22.3. The third-order valence-corrected chi connectivity index (χ3v) is 6.23. The maximum atomic E-state index is 12.6. The zero-order chi connectivity index (χ0) is 23.0. The van der Waals surface area contributed by atoms with Gasteiger partial charge in [0.15, 0.2) is 6.17 Å². The summed E-state index contributed by atoms with van der Waals surface area (Å²) in [6, 6.07) is 18.5. The Morgan fingerprint density at radius 3 is 2.47 bits per heavy atom. The Morgan fingerprint density at radius 2 is 1.84 bits per heavy atom. The van der Waals surface area contributed by atoms with E-state index in [-0.39, 0.29) is 10.6 Å². The second kappa shape index (κ2) is 8.95. The van der Waals surface area contributed by atoms with Gasteiger partial charge >= 0.3 is 0 Å². The highest BCUT2D eigenvalue weighted by molar-refractivity contribution is 7.84. The number of amides is 1. The van der Waals surface area contributed by atoms with Crippen LogP contribution in [0.2, 0.25) is 10.0 Å². The fourth-order valence-corrected chi connectivity index (χ4v) is 4.41. The summed E-state index contributed by atoms with van der Waals surface area (Å²) in [5.74, 6) is 0.857. The van der Waals surface area contributed by atoms with Crippen molar-refractivity contribution in [1.82, 2.24) is 5.32 Å². The lowest BCUT2D eigenvalue weighted by molar-refractivity contribution is -0.118. The van der Waals surface area contributed by atoms with E-state index in [1.54, 1.807) is 35.2 Å². The predicted octanol–water partition coefficient (Wildman–Crippen LogP) is 6.68. The molecule has 0 aliphatic carbocycles. The van der Waals surface area contributed by atoms with Crippen molar-refractivity contribution in [3.8, 4) is 17.4 Å². The molecule has 3 aromatic rings. The first-order valence-electron chi connectivity index (χ1n) is 9.88. The molecule has 1 aliphatic rings. The van der Waals surface area contributed by atoms with Gasteiger partial charge in [-0.15, -0.1) is 12.6 Å². The van der Waals surface area contributed by atoms with Crippen LogP contribution in [0.3, 0.4) is 0 Å². The van der Waals surface area contributed by atoms with Crippen LogP contribution in [0, 0.1) is 11.3 Å². The fourth-order valence-electron chi connectivity index (χ4n) is 3.53. The zero-order valence-electron chi connectivity index (χ0n) is 17.3. The van der Waals surface area contributed by atoms with E-state index in [0.717, 1.165) is 5.69 Å². The number of thiol groups is 1. The van der Waals surface area contributed by atoms with Crippen LogP contribution in [-0.2, 0) is 4.79 Å². The SMILES string of the molecule is CC(C)c1ccc(N2C(S)=C(C#N)C(=O)NC2c2ccc(-c3ccc(Cl)cc3Cl)o2)cc1. The highest BCUT2D eigenvalue weighted by Crippen LogP contribution is 2.39. The van der Waals surface area contributed by atoms with E-state index in [0.29, 0.717) is 33.0 Å². The number of halogens is 2. The maximum absolute atomic E-state index is 12.6. The van der Waals surface area contributed by atoms with Crippen molar-refractivity contribution in [3.63, 3.8) is 0 Å². The molecule has 1 amide bonds. The first-order chi connectivity index (χ1) is 15.3. The summed E-state index contributed by atoms with van der Waals surface area (Å²) in [6.07, 6.45) is -0.697. The molecule has 4 rings (SSSR count). The summed E-state index contributed by atoms with van der Waals surface area (Å²) in [5, 5.41) is 13.6. The van der Waals surface area contributed by atoms with E-state index < -0.39 is 12.1 Å². The number of benzene rings is 2. The highest BCUT2D eigenvalue weighted by atomic mass is 35.5. The van der Waals surface area contributed by atoms with Crippen molar-refractivity contribution in [2.24, 2.45) is 0 Å². The molecule has 0 fully saturated rings. The van der Waals surface area contributed by atoms with E-state index in [4.69, 9.17) is 27.6 Å². The standard InChI is InChI=1S/C24H19Cl2N3O2S/c1-13(2)14-3-6-16(7-4-14)29-22(28-23(30)18(12-27)24(29)32)21-10-9-20(31-21)17-8-5-15(25)11-19(17)26/h3-11,13,22,32H,1-2H3,(H,28,30).